The van der Waals surface area contributed by atoms with Crippen molar-refractivity contribution in [2.45, 2.75) is 37.3 Å². The van der Waals surface area contributed by atoms with Crippen LogP contribution in [0.2, 0.25) is 0 Å². The second-order valence-electron chi connectivity index (χ2n) is 4.35. The number of rotatable bonds is 3. The highest BCUT2D eigenvalue weighted by Gasteiger charge is 2.50. The van der Waals surface area contributed by atoms with E-state index in [-0.39, 0.29) is 18.9 Å². The first kappa shape index (κ1) is 12.9. The first-order chi connectivity index (χ1) is 8.38. The van der Waals surface area contributed by atoms with Gasteiger partial charge in [0.15, 0.2) is 0 Å². The molecule has 0 bridgehead atoms. The van der Waals surface area contributed by atoms with Crippen LogP contribution in [0.15, 0.2) is 0 Å². The van der Waals surface area contributed by atoms with Gasteiger partial charge in [-0.15, -0.1) is 0 Å². The molecule has 2 aliphatic rings. The van der Waals surface area contributed by atoms with Crippen molar-refractivity contribution < 1.29 is 27.9 Å². The molecule has 0 aromatic rings. The van der Waals surface area contributed by atoms with Crippen molar-refractivity contribution in [1.82, 2.24) is 10.6 Å². The Balaban J connectivity index is 1.81. The summed E-state index contributed by atoms with van der Waals surface area (Å²) in [5.74, 6) is -5.81. The molecule has 100 valence electrons. The summed E-state index contributed by atoms with van der Waals surface area (Å²) in [5, 5.41) is 4.85. The largest absolute Gasteiger partial charge is 0.456 e. The number of esters is 1. The van der Waals surface area contributed by atoms with Crippen molar-refractivity contribution in [2.75, 3.05) is 6.54 Å². The van der Waals surface area contributed by atoms with Gasteiger partial charge in [0.1, 0.15) is 6.10 Å². The Bertz CT molecular complexity index is 399. The van der Waals surface area contributed by atoms with Crippen LogP contribution < -0.4 is 10.6 Å². The maximum absolute atomic E-state index is 12.9. The van der Waals surface area contributed by atoms with Crippen LogP contribution in [0.25, 0.3) is 0 Å². The number of alkyl halides is 2. The number of carbonyl (C=O) groups excluding carboxylic acids is 3. The maximum atomic E-state index is 12.9. The molecule has 0 aliphatic carbocycles. The summed E-state index contributed by atoms with van der Waals surface area (Å²) in [7, 11) is 0. The molecule has 6 nitrogen and oxygen atoms in total. The predicted molar refractivity (Wildman–Crippen MR) is 53.6 cm³/mol. The Morgan fingerprint density at radius 1 is 1.39 bits per heavy atom. The van der Waals surface area contributed by atoms with Crippen LogP contribution in [0.4, 0.5) is 8.78 Å². The van der Waals surface area contributed by atoms with Gasteiger partial charge in [0.25, 0.3) is 0 Å². The van der Waals surface area contributed by atoms with Crippen molar-refractivity contribution in [3.63, 3.8) is 0 Å². The number of piperidine rings is 1. The second kappa shape index (κ2) is 4.60. The van der Waals surface area contributed by atoms with E-state index < -0.39 is 36.4 Å². The van der Waals surface area contributed by atoms with E-state index in [1.165, 1.54) is 0 Å². The highest BCUT2D eigenvalue weighted by atomic mass is 19.3. The summed E-state index contributed by atoms with van der Waals surface area (Å²) in [6.07, 6.45) is -1.13. The summed E-state index contributed by atoms with van der Waals surface area (Å²) in [6, 6.07) is -0.615. The topological polar surface area (TPSA) is 84.5 Å². The van der Waals surface area contributed by atoms with E-state index in [2.05, 4.69) is 15.4 Å². The zero-order valence-electron chi connectivity index (χ0n) is 9.37. The molecule has 8 heteroatoms. The molecule has 0 radical (unpaired) electrons. The minimum Gasteiger partial charge on any atom is -0.456 e. The van der Waals surface area contributed by atoms with Gasteiger partial charge in [-0.25, -0.2) is 4.79 Å². The SMILES string of the molecule is O=C1CCC(NCC2CC(F)(F)C(=O)O2)C(=O)N1. The van der Waals surface area contributed by atoms with Gasteiger partial charge in [-0.1, -0.05) is 0 Å². The van der Waals surface area contributed by atoms with Crippen LogP contribution in [0.1, 0.15) is 19.3 Å². The molecule has 0 saturated carbocycles. The standard InChI is InChI=1S/C10H12F2N2O4/c11-10(12)3-5(18-9(10)17)4-13-6-1-2-7(15)14-8(6)16/h5-6,13H,1-4H2,(H,14,15,16). The number of amides is 2. The van der Waals surface area contributed by atoms with Gasteiger partial charge in [-0.05, 0) is 6.42 Å². The molecule has 2 unspecified atom stereocenters. The first-order valence-corrected chi connectivity index (χ1v) is 5.54. The Kier molecular flexibility index (Phi) is 3.29. The Morgan fingerprint density at radius 2 is 2.11 bits per heavy atom. The van der Waals surface area contributed by atoms with E-state index in [9.17, 15) is 23.2 Å². The van der Waals surface area contributed by atoms with Crippen LogP contribution in [-0.2, 0) is 19.1 Å². The molecular weight excluding hydrogens is 250 g/mol. The summed E-state index contributed by atoms with van der Waals surface area (Å²) < 4.78 is 30.2. The summed E-state index contributed by atoms with van der Waals surface area (Å²) in [4.78, 5) is 33.0. The van der Waals surface area contributed by atoms with Crippen molar-refractivity contribution >= 4 is 17.8 Å². The van der Waals surface area contributed by atoms with E-state index >= 15 is 0 Å². The van der Waals surface area contributed by atoms with E-state index in [0.717, 1.165) is 0 Å². The van der Waals surface area contributed by atoms with Gasteiger partial charge in [0.05, 0.1) is 12.5 Å². The minimum absolute atomic E-state index is 0.0341. The fraction of sp³-hybridized carbons (Fsp3) is 0.700. The van der Waals surface area contributed by atoms with Gasteiger partial charge in [-0.2, -0.15) is 8.78 Å². The molecule has 2 saturated heterocycles. The van der Waals surface area contributed by atoms with E-state index in [1.807, 2.05) is 0 Å². The molecule has 2 N–H and O–H groups in total. The third-order valence-electron chi connectivity index (χ3n) is 2.89. The Labute approximate surface area is 101 Å². The van der Waals surface area contributed by atoms with Crippen LogP contribution in [-0.4, -0.2) is 42.4 Å². The number of halogens is 2. The van der Waals surface area contributed by atoms with Crippen LogP contribution >= 0.6 is 0 Å². The number of hydrogen-bond acceptors (Lipinski definition) is 5. The summed E-state index contributed by atoms with van der Waals surface area (Å²) in [6.45, 7) is -0.0341. The predicted octanol–water partition coefficient (Wildman–Crippen LogP) is -0.668. The van der Waals surface area contributed by atoms with Gasteiger partial charge in [0, 0.05) is 13.0 Å². The highest BCUT2D eigenvalue weighted by Crippen LogP contribution is 2.30. The molecule has 2 fully saturated rings. The normalized spacial score (nSPS) is 31.1. The first-order valence-electron chi connectivity index (χ1n) is 5.54. The van der Waals surface area contributed by atoms with E-state index in [0.29, 0.717) is 6.42 Å². The molecule has 0 aromatic carbocycles. The monoisotopic (exact) mass is 262 g/mol. The van der Waals surface area contributed by atoms with E-state index in [1.54, 1.807) is 0 Å². The molecule has 18 heavy (non-hydrogen) atoms. The Morgan fingerprint density at radius 3 is 2.67 bits per heavy atom. The molecular formula is C10H12F2N2O4. The lowest BCUT2D eigenvalue weighted by atomic mass is 10.1. The Hall–Kier alpha value is -1.57. The van der Waals surface area contributed by atoms with Gasteiger partial charge >= 0.3 is 11.9 Å². The quantitative estimate of drug-likeness (QED) is 0.520. The molecule has 2 heterocycles. The summed E-state index contributed by atoms with van der Waals surface area (Å²) in [5.41, 5.74) is 0. The molecule has 2 aliphatic heterocycles. The van der Waals surface area contributed by atoms with Crippen molar-refractivity contribution in [1.29, 1.82) is 0 Å². The van der Waals surface area contributed by atoms with Gasteiger partial charge in [-0.3, -0.25) is 14.9 Å². The smallest absolute Gasteiger partial charge is 0.377 e. The van der Waals surface area contributed by atoms with Crippen molar-refractivity contribution in [3.8, 4) is 0 Å². The number of ether oxygens (including phenoxy) is 1. The fourth-order valence-corrected chi connectivity index (χ4v) is 1.92. The molecule has 0 spiro atoms. The van der Waals surface area contributed by atoms with Crippen molar-refractivity contribution in [2.24, 2.45) is 0 Å². The number of cyclic esters (lactones) is 1. The van der Waals surface area contributed by atoms with Crippen LogP contribution in [0, 0.1) is 0 Å². The average molecular weight is 262 g/mol. The number of nitrogens with one attached hydrogen (secondary N) is 2. The van der Waals surface area contributed by atoms with Crippen molar-refractivity contribution in [3.05, 3.63) is 0 Å². The van der Waals surface area contributed by atoms with Gasteiger partial charge < -0.3 is 10.1 Å². The zero-order chi connectivity index (χ0) is 13.3. The number of hydrogen-bond donors (Lipinski definition) is 2. The number of carbonyl (C=O) groups is 3. The lowest BCUT2D eigenvalue weighted by Gasteiger charge is -2.22. The number of imide groups is 1. The van der Waals surface area contributed by atoms with E-state index in [4.69, 9.17) is 0 Å². The highest BCUT2D eigenvalue weighted by molar-refractivity contribution is 6.00. The molecule has 2 rings (SSSR count). The van der Waals surface area contributed by atoms with Crippen LogP contribution in [0.3, 0.4) is 0 Å². The zero-order valence-corrected chi connectivity index (χ0v) is 9.37. The lowest BCUT2D eigenvalue weighted by molar-refractivity contribution is -0.159. The fourth-order valence-electron chi connectivity index (χ4n) is 1.92. The molecule has 0 aromatic heterocycles. The average Bonchev–Trinajstić information content (AvgIpc) is 2.51. The third-order valence-corrected chi connectivity index (χ3v) is 2.89. The van der Waals surface area contributed by atoms with Gasteiger partial charge in [0.2, 0.25) is 11.8 Å². The molecule has 2 amide bonds. The minimum atomic E-state index is -3.45. The van der Waals surface area contributed by atoms with Crippen LogP contribution in [0.5, 0.6) is 0 Å². The summed E-state index contributed by atoms with van der Waals surface area (Å²) >= 11 is 0. The maximum Gasteiger partial charge on any atom is 0.377 e. The molecule has 2 atom stereocenters. The second-order valence-corrected chi connectivity index (χ2v) is 4.35. The third kappa shape index (κ3) is 2.63. The lowest BCUT2D eigenvalue weighted by Crippen LogP contribution is -2.52.